The lowest BCUT2D eigenvalue weighted by Crippen LogP contribution is -2.26. The number of amides is 1. The zero-order valence-corrected chi connectivity index (χ0v) is 18.3. The van der Waals surface area contributed by atoms with Crippen molar-refractivity contribution in [2.75, 3.05) is 25.1 Å². The van der Waals surface area contributed by atoms with Gasteiger partial charge in [0.25, 0.3) is 5.91 Å². The third-order valence-corrected chi connectivity index (χ3v) is 4.76. The second kappa shape index (κ2) is 11.0. The monoisotopic (exact) mass is 419 g/mol. The van der Waals surface area contributed by atoms with Gasteiger partial charge in [-0.3, -0.25) is 4.79 Å². The van der Waals surface area contributed by atoms with Crippen LogP contribution in [0, 0.1) is 6.92 Å². The van der Waals surface area contributed by atoms with Gasteiger partial charge in [-0.25, -0.2) is 4.98 Å². The molecule has 1 amide bonds. The molecule has 0 unspecified atom stereocenters. The summed E-state index contributed by atoms with van der Waals surface area (Å²) >= 11 is 0. The van der Waals surface area contributed by atoms with Gasteiger partial charge in [0.05, 0.1) is 18.8 Å². The van der Waals surface area contributed by atoms with Crippen molar-refractivity contribution in [2.45, 2.75) is 27.2 Å². The number of aromatic nitrogens is 1. The van der Waals surface area contributed by atoms with E-state index in [0.29, 0.717) is 37.6 Å². The molecule has 0 aliphatic carbocycles. The molecular weight excluding hydrogens is 390 g/mol. The van der Waals surface area contributed by atoms with E-state index in [0.717, 1.165) is 28.3 Å². The van der Waals surface area contributed by atoms with Crippen LogP contribution in [0.25, 0.3) is 0 Å². The Hall–Kier alpha value is -3.54. The maximum atomic E-state index is 12.8. The van der Waals surface area contributed by atoms with E-state index in [9.17, 15) is 4.79 Å². The molecule has 1 heterocycles. The van der Waals surface area contributed by atoms with Gasteiger partial charge in [0.2, 0.25) is 0 Å². The second-order valence-electron chi connectivity index (χ2n) is 6.99. The molecule has 1 aromatic heterocycles. The van der Waals surface area contributed by atoms with Crippen molar-refractivity contribution in [2.24, 2.45) is 0 Å². The zero-order chi connectivity index (χ0) is 22.1. The Kier molecular flexibility index (Phi) is 7.87. The minimum atomic E-state index is -0.167. The lowest BCUT2D eigenvalue weighted by atomic mass is 10.1. The Morgan fingerprint density at radius 2 is 1.74 bits per heavy atom. The first-order chi connectivity index (χ1) is 15.1. The molecule has 3 rings (SSSR count). The normalized spacial score (nSPS) is 10.4. The molecule has 2 aromatic carbocycles. The summed E-state index contributed by atoms with van der Waals surface area (Å²) in [6, 6.07) is 17.3. The van der Waals surface area contributed by atoms with Crippen LogP contribution in [0.15, 0.2) is 60.8 Å². The van der Waals surface area contributed by atoms with Crippen LogP contribution >= 0.6 is 0 Å². The Labute approximate surface area is 183 Å². The molecule has 2 N–H and O–H groups in total. The van der Waals surface area contributed by atoms with Gasteiger partial charge in [-0.05, 0) is 68.7 Å². The quantitative estimate of drug-likeness (QED) is 0.489. The molecule has 3 aromatic rings. The van der Waals surface area contributed by atoms with Crippen LogP contribution in [0.1, 0.15) is 35.3 Å². The van der Waals surface area contributed by atoms with Crippen LogP contribution in [0.3, 0.4) is 0 Å². The number of nitrogens with one attached hydrogen (secondary N) is 2. The number of hydrogen-bond acceptors (Lipinski definition) is 5. The number of carbonyl (C=O) groups is 1. The topological polar surface area (TPSA) is 72.5 Å². The highest BCUT2D eigenvalue weighted by Gasteiger charge is 2.13. The largest absolute Gasteiger partial charge is 0.490 e. The van der Waals surface area contributed by atoms with Gasteiger partial charge in [0.1, 0.15) is 5.82 Å². The van der Waals surface area contributed by atoms with E-state index in [4.69, 9.17) is 9.47 Å². The maximum absolute atomic E-state index is 12.8. The Bertz CT molecular complexity index is 1020. The fourth-order valence-electron chi connectivity index (χ4n) is 3.20. The highest BCUT2D eigenvalue weighted by Crippen LogP contribution is 2.28. The van der Waals surface area contributed by atoms with E-state index in [-0.39, 0.29) is 5.91 Å². The van der Waals surface area contributed by atoms with Crippen molar-refractivity contribution in [1.29, 1.82) is 0 Å². The van der Waals surface area contributed by atoms with Crippen molar-refractivity contribution in [3.8, 4) is 11.5 Å². The van der Waals surface area contributed by atoms with Crippen molar-refractivity contribution >= 4 is 17.4 Å². The van der Waals surface area contributed by atoms with Gasteiger partial charge in [-0.2, -0.15) is 0 Å². The minimum absolute atomic E-state index is 0.167. The van der Waals surface area contributed by atoms with Crippen LogP contribution in [-0.2, 0) is 6.42 Å². The van der Waals surface area contributed by atoms with E-state index < -0.39 is 0 Å². The number of carbonyl (C=O) groups excluding carboxylic acids is 1. The summed E-state index contributed by atoms with van der Waals surface area (Å²) in [6.45, 7) is 7.55. The first-order valence-electron chi connectivity index (χ1n) is 10.6. The van der Waals surface area contributed by atoms with Gasteiger partial charge in [0.15, 0.2) is 11.5 Å². The van der Waals surface area contributed by atoms with Crippen molar-refractivity contribution in [3.63, 3.8) is 0 Å². The van der Waals surface area contributed by atoms with Crippen LogP contribution in [0.4, 0.5) is 11.5 Å². The smallest absolute Gasteiger partial charge is 0.255 e. The maximum Gasteiger partial charge on any atom is 0.255 e. The van der Waals surface area contributed by atoms with E-state index in [1.807, 2.05) is 63.2 Å². The van der Waals surface area contributed by atoms with Gasteiger partial charge in [0, 0.05) is 18.4 Å². The number of rotatable bonds is 10. The summed E-state index contributed by atoms with van der Waals surface area (Å²) in [7, 11) is 0. The Morgan fingerprint density at radius 1 is 0.968 bits per heavy atom. The molecule has 0 saturated carbocycles. The van der Waals surface area contributed by atoms with E-state index in [1.54, 1.807) is 18.3 Å². The lowest BCUT2D eigenvalue weighted by molar-refractivity contribution is 0.0954. The van der Waals surface area contributed by atoms with Crippen molar-refractivity contribution in [1.82, 2.24) is 10.3 Å². The summed E-state index contributed by atoms with van der Waals surface area (Å²) in [6.07, 6.45) is 2.35. The molecule has 0 aliphatic heterocycles. The van der Waals surface area contributed by atoms with Gasteiger partial charge < -0.3 is 20.1 Å². The average Bonchev–Trinajstić information content (AvgIpc) is 2.77. The molecule has 0 bridgehead atoms. The third kappa shape index (κ3) is 5.98. The highest BCUT2D eigenvalue weighted by molar-refractivity contribution is 5.99. The molecule has 0 atom stereocenters. The zero-order valence-electron chi connectivity index (χ0n) is 18.3. The number of nitrogens with zero attached hydrogens (tertiary/aromatic N) is 1. The molecule has 31 heavy (non-hydrogen) atoms. The molecule has 0 fully saturated rings. The Balaban J connectivity index is 1.64. The van der Waals surface area contributed by atoms with E-state index in [1.165, 1.54) is 0 Å². The molecule has 0 aliphatic rings. The number of aryl methyl sites for hydroxylation is 1. The predicted molar refractivity (Wildman–Crippen MR) is 124 cm³/mol. The molecular formula is C25H29N3O3. The Morgan fingerprint density at radius 3 is 2.52 bits per heavy atom. The van der Waals surface area contributed by atoms with E-state index >= 15 is 0 Å². The van der Waals surface area contributed by atoms with Crippen LogP contribution in [0.5, 0.6) is 11.5 Å². The first-order valence-corrected chi connectivity index (χ1v) is 10.6. The molecule has 0 radical (unpaired) electrons. The molecule has 6 nitrogen and oxygen atoms in total. The molecule has 6 heteroatoms. The predicted octanol–water partition coefficient (Wildman–Crippen LogP) is 4.90. The minimum Gasteiger partial charge on any atom is -0.490 e. The summed E-state index contributed by atoms with van der Waals surface area (Å²) in [5.74, 6) is 1.83. The lowest BCUT2D eigenvalue weighted by Gasteiger charge is -2.14. The van der Waals surface area contributed by atoms with Crippen molar-refractivity contribution in [3.05, 3.63) is 77.5 Å². The average molecular weight is 420 g/mol. The number of ether oxygens (including phenoxy) is 2. The van der Waals surface area contributed by atoms with Crippen LogP contribution in [0.2, 0.25) is 0 Å². The van der Waals surface area contributed by atoms with Crippen LogP contribution in [-0.4, -0.2) is 30.6 Å². The number of hydrogen-bond donors (Lipinski definition) is 2. The van der Waals surface area contributed by atoms with Gasteiger partial charge in [-0.1, -0.05) is 24.3 Å². The summed E-state index contributed by atoms with van der Waals surface area (Å²) < 4.78 is 11.3. The summed E-state index contributed by atoms with van der Waals surface area (Å²) in [5.41, 5.74) is 3.58. The van der Waals surface area contributed by atoms with Gasteiger partial charge >= 0.3 is 0 Å². The number of benzene rings is 2. The van der Waals surface area contributed by atoms with Gasteiger partial charge in [-0.15, -0.1) is 0 Å². The number of anilines is 2. The van der Waals surface area contributed by atoms with Crippen LogP contribution < -0.4 is 20.1 Å². The fourth-order valence-corrected chi connectivity index (χ4v) is 3.20. The fraction of sp³-hybridized carbons (Fsp3) is 0.280. The third-order valence-electron chi connectivity index (χ3n) is 4.76. The summed E-state index contributed by atoms with van der Waals surface area (Å²) in [4.78, 5) is 17.2. The second-order valence-corrected chi connectivity index (χ2v) is 6.99. The molecule has 0 spiro atoms. The number of para-hydroxylation sites is 1. The first kappa shape index (κ1) is 22.2. The van der Waals surface area contributed by atoms with Crippen molar-refractivity contribution < 1.29 is 14.3 Å². The SMILES string of the molecule is CCOc1ccc(CCNC(=O)c2cccnc2Nc2ccccc2C)cc1OCC. The molecule has 0 saturated heterocycles. The standard InChI is InChI=1S/C25H29N3O3/c1-4-30-22-13-12-19(17-23(22)31-5-2)14-16-27-25(29)20-10-8-15-26-24(20)28-21-11-7-6-9-18(21)3/h6-13,15,17H,4-5,14,16H2,1-3H3,(H,26,28)(H,27,29). The van der Waals surface area contributed by atoms with E-state index in [2.05, 4.69) is 15.6 Å². The molecule has 162 valence electrons. The summed E-state index contributed by atoms with van der Waals surface area (Å²) in [5, 5.41) is 6.26. The number of pyridine rings is 1. The highest BCUT2D eigenvalue weighted by atomic mass is 16.5.